The van der Waals surface area contributed by atoms with Crippen molar-refractivity contribution >= 4 is 29.3 Å². The molecule has 0 saturated heterocycles. The molecule has 1 aliphatic heterocycles. The van der Waals surface area contributed by atoms with Gasteiger partial charge in [0.15, 0.2) is 0 Å². The number of carboxylic acids is 1. The van der Waals surface area contributed by atoms with Gasteiger partial charge in [-0.2, -0.15) is 0 Å². The van der Waals surface area contributed by atoms with Gasteiger partial charge in [0.1, 0.15) is 17.5 Å². The molecule has 34 heavy (non-hydrogen) atoms. The van der Waals surface area contributed by atoms with Gasteiger partial charge in [0.2, 0.25) is 5.91 Å². The van der Waals surface area contributed by atoms with Crippen molar-refractivity contribution in [3.63, 3.8) is 0 Å². The maximum Gasteiger partial charge on any atom is 0.407 e. The molecule has 0 radical (unpaired) electrons. The van der Waals surface area contributed by atoms with Crippen LogP contribution in [0.5, 0.6) is 0 Å². The van der Waals surface area contributed by atoms with Crippen molar-refractivity contribution in [2.75, 3.05) is 13.2 Å². The zero-order valence-electron chi connectivity index (χ0n) is 18.6. The normalized spacial score (nSPS) is 15.1. The van der Waals surface area contributed by atoms with Crippen LogP contribution in [-0.4, -0.2) is 47.2 Å². The molecule has 1 unspecified atom stereocenters. The first-order chi connectivity index (χ1) is 16.4. The first-order valence-electron chi connectivity index (χ1n) is 11.2. The van der Waals surface area contributed by atoms with E-state index in [0.29, 0.717) is 19.5 Å². The molecule has 1 atom stereocenters. The number of carbonyl (C=O) groups excluding carboxylic acids is 2. The lowest BCUT2D eigenvalue weighted by molar-refractivity contribution is -0.133. The second kappa shape index (κ2) is 8.95. The molecule has 8 heteroatoms. The predicted molar refractivity (Wildman–Crippen MR) is 128 cm³/mol. The van der Waals surface area contributed by atoms with Crippen molar-refractivity contribution < 1.29 is 24.2 Å². The Labute approximate surface area is 201 Å². The third-order valence-corrected chi connectivity index (χ3v) is 7.66. The molecule has 2 amide bonds. The highest BCUT2D eigenvalue weighted by Crippen LogP contribution is 2.44. The maximum atomic E-state index is 12.9. The van der Waals surface area contributed by atoms with Crippen LogP contribution in [0.15, 0.2) is 54.6 Å². The van der Waals surface area contributed by atoms with Crippen LogP contribution in [0.3, 0.4) is 0 Å². The van der Waals surface area contributed by atoms with Gasteiger partial charge >= 0.3 is 12.1 Å². The molecule has 0 fully saturated rings. The molecule has 174 valence electrons. The number of hydrogen-bond acceptors (Lipinski definition) is 5. The molecule has 1 aromatic heterocycles. The molecule has 3 aromatic rings. The highest BCUT2D eigenvalue weighted by atomic mass is 32.1. The average molecular weight is 477 g/mol. The van der Waals surface area contributed by atoms with E-state index < -0.39 is 18.1 Å². The minimum absolute atomic E-state index is 0.0494. The van der Waals surface area contributed by atoms with Crippen LogP contribution >= 0.6 is 11.3 Å². The van der Waals surface area contributed by atoms with Gasteiger partial charge < -0.3 is 20.1 Å². The number of fused-ring (bicyclic) bond motifs is 4. The fourth-order valence-electron chi connectivity index (χ4n) is 4.78. The van der Waals surface area contributed by atoms with Crippen molar-refractivity contribution in [1.29, 1.82) is 0 Å². The summed E-state index contributed by atoms with van der Waals surface area (Å²) >= 11 is 1.26. The second-order valence-electron chi connectivity index (χ2n) is 8.57. The van der Waals surface area contributed by atoms with Gasteiger partial charge in [-0.15, -0.1) is 11.3 Å². The van der Waals surface area contributed by atoms with Crippen LogP contribution in [0.1, 0.15) is 44.1 Å². The summed E-state index contributed by atoms with van der Waals surface area (Å²) in [5.41, 5.74) is 5.41. The Bertz CT molecular complexity index is 1240. The molecule has 0 spiro atoms. The first-order valence-corrected chi connectivity index (χ1v) is 12.0. The quantitative estimate of drug-likeness (QED) is 0.574. The first kappa shape index (κ1) is 22.2. The molecule has 1 aliphatic carbocycles. The number of aromatic carboxylic acids is 1. The van der Waals surface area contributed by atoms with E-state index in [2.05, 4.69) is 29.6 Å². The number of benzene rings is 2. The van der Waals surface area contributed by atoms with Crippen molar-refractivity contribution in [3.05, 3.63) is 81.0 Å². The lowest BCUT2D eigenvalue weighted by Gasteiger charge is -2.29. The van der Waals surface area contributed by atoms with Crippen LogP contribution in [0.2, 0.25) is 0 Å². The van der Waals surface area contributed by atoms with E-state index in [1.54, 1.807) is 17.9 Å². The molecule has 7 nitrogen and oxygen atoms in total. The number of ether oxygens (including phenoxy) is 1. The molecular weight excluding hydrogens is 452 g/mol. The SMILES string of the molecule is CC(NC(=O)OCC1c2ccccc2-c2ccccc21)C(=O)N1CCc2sc(C(=O)O)cc2C1. The molecule has 0 saturated carbocycles. The number of rotatable bonds is 5. The number of amides is 2. The Morgan fingerprint density at radius 2 is 1.76 bits per heavy atom. The van der Waals surface area contributed by atoms with Gasteiger partial charge in [-0.05, 0) is 47.2 Å². The fraction of sp³-hybridized carbons (Fsp3) is 0.269. The minimum atomic E-state index is -0.956. The van der Waals surface area contributed by atoms with E-state index in [1.807, 2.05) is 24.3 Å². The summed E-state index contributed by atoms with van der Waals surface area (Å²) in [4.78, 5) is 39.6. The number of alkyl carbamates (subject to hydrolysis) is 1. The van der Waals surface area contributed by atoms with Gasteiger partial charge in [-0.3, -0.25) is 4.79 Å². The van der Waals surface area contributed by atoms with E-state index in [1.165, 1.54) is 11.3 Å². The Hall–Kier alpha value is -3.65. The van der Waals surface area contributed by atoms with E-state index in [9.17, 15) is 19.5 Å². The van der Waals surface area contributed by atoms with Crippen LogP contribution in [-0.2, 0) is 22.5 Å². The lowest BCUT2D eigenvalue weighted by Crippen LogP contribution is -2.48. The standard InChI is InChI=1S/C26H24N2O5S/c1-15(24(29)28-11-10-22-16(13-28)12-23(34-22)25(30)31)27-26(32)33-14-21-19-8-4-2-6-17(19)18-7-3-5-9-20(18)21/h2-9,12,15,21H,10-11,13-14H2,1H3,(H,27,32)(H,30,31). The monoisotopic (exact) mass is 476 g/mol. The Morgan fingerprint density at radius 3 is 2.41 bits per heavy atom. The second-order valence-corrected chi connectivity index (χ2v) is 9.70. The molecule has 0 bridgehead atoms. The molecule has 2 N–H and O–H groups in total. The average Bonchev–Trinajstić information content (AvgIpc) is 3.41. The number of nitrogens with zero attached hydrogens (tertiary/aromatic N) is 1. The van der Waals surface area contributed by atoms with Gasteiger partial charge in [0, 0.05) is 23.9 Å². The van der Waals surface area contributed by atoms with Crippen LogP contribution in [0.25, 0.3) is 11.1 Å². The van der Waals surface area contributed by atoms with E-state index >= 15 is 0 Å². The number of thiophene rings is 1. The number of carbonyl (C=O) groups is 3. The zero-order chi connectivity index (χ0) is 23.8. The van der Waals surface area contributed by atoms with Crippen LogP contribution in [0.4, 0.5) is 4.79 Å². The lowest BCUT2D eigenvalue weighted by atomic mass is 9.98. The summed E-state index contributed by atoms with van der Waals surface area (Å²) in [7, 11) is 0. The summed E-state index contributed by atoms with van der Waals surface area (Å²) in [6.45, 7) is 2.65. The van der Waals surface area contributed by atoms with E-state index in [0.717, 1.165) is 32.7 Å². The number of nitrogens with one attached hydrogen (secondary N) is 1. The summed E-state index contributed by atoms with van der Waals surface area (Å²) in [5, 5.41) is 11.9. The predicted octanol–water partition coefficient (Wildman–Crippen LogP) is 4.26. The highest BCUT2D eigenvalue weighted by molar-refractivity contribution is 7.14. The zero-order valence-corrected chi connectivity index (χ0v) is 19.4. The van der Waals surface area contributed by atoms with Gasteiger partial charge in [-0.1, -0.05) is 48.5 Å². The topological polar surface area (TPSA) is 95.9 Å². The molecule has 2 heterocycles. The molecule has 2 aliphatic rings. The number of hydrogen-bond donors (Lipinski definition) is 2. The van der Waals surface area contributed by atoms with Gasteiger partial charge in [0.05, 0.1) is 0 Å². The van der Waals surface area contributed by atoms with E-state index in [-0.39, 0.29) is 23.3 Å². The van der Waals surface area contributed by atoms with Gasteiger partial charge in [-0.25, -0.2) is 9.59 Å². The van der Waals surface area contributed by atoms with Crippen LogP contribution in [0, 0.1) is 0 Å². The summed E-state index contributed by atoms with van der Waals surface area (Å²) in [5.74, 6) is -1.23. The third kappa shape index (κ3) is 4.05. The Kier molecular flexibility index (Phi) is 5.83. The molecule has 5 rings (SSSR count). The van der Waals surface area contributed by atoms with Crippen molar-refractivity contribution in [3.8, 4) is 11.1 Å². The summed E-state index contributed by atoms with van der Waals surface area (Å²) in [6, 6.07) is 17.1. The summed E-state index contributed by atoms with van der Waals surface area (Å²) in [6.07, 6.45) is -0.0273. The highest BCUT2D eigenvalue weighted by Gasteiger charge is 2.31. The number of carboxylic acid groups (broad SMARTS) is 1. The summed E-state index contributed by atoms with van der Waals surface area (Å²) < 4.78 is 5.55. The Balaban J connectivity index is 1.19. The van der Waals surface area contributed by atoms with Crippen LogP contribution < -0.4 is 5.32 Å². The largest absolute Gasteiger partial charge is 0.477 e. The third-order valence-electron chi connectivity index (χ3n) is 6.44. The van der Waals surface area contributed by atoms with E-state index in [4.69, 9.17) is 4.74 Å². The van der Waals surface area contributed by atoms with Gasteiger partial charge in [0.25, 0.3) is 0 Å². The molecule has 2 aromatic carbocycles. The Morgan fingerprint density at radius 1 is 1.12 bits per heavy atom. The maximum absolute atomic E-state index is 12.9. The smallest absolute Gasteiger partial charge is 0.407 e. The minimum Gasteiger partial charge on any atom is -0.477 e. The van der Waals surface area contributed by atoms with Crippen molar-refractivity contribution in [2.45, 2.75) is 31.8 Å². The molecular formula is C26H24N2O5S. The van der Waals surface area contributed by atoms with Crippen molar-refractivity contribution in [2.24, 2.45) is 0 Å². The van der Waals surface area contributed by atoms with Crippen molar-refractivity contribution in [1.82, 2.24) is 10.2 Å². The fourth-order valence-corrected chi connectivity index (χ4v) is 5.78.